The summed E-state index contributed by atoms with van der Waals surface area (Å²) in [5.74, 6) is 1.54. The molecule has 0 bridgehead atoms. The van der Waals surface area contributed by atoms with Gasteiger partial charge in [0.1, 0.15) is 0 Å². The average Bonchev–Trinajstić information content (AvgIpc) is 2.62. The second-order valence-corrected chi connectivity index (χ2v) is 7.22. The Morgan fingerprint density at radius 2 is 1.81 bits per heavy atom. The van der Waals surface area contributed by atoms with Crippen molar-refractivity contribution in [3.05, 3.63) is 35.4 Å². The molecule has 1 aliphatic heterocycles. The van der Waals surface area contributed by atoms with Crippen LogP contribution in [0.3, 0.4) is 0 Å². The zero-order valence-electron chi connectivity index (χ0n) is 16.6. The Labute approximate surface area is 176 Å². The average molecular weight is 474 g/mol. The number of halogens is 1. The lowest BCUT2D eigenvalue weighted by atomic mass is 10.0. The minimum absolute atomic E-state index is 0. The van der Waals surface area contributed by atoms with Crippen molar-refractivity contribution in [3.8, 4) is 0 Å². The van der Waals surface area contributed by atoms with E-state index in [0.717, 1.165) is 45.4 Å². The highest BCUT2D eigenvalue weighted by Crippen LogP contribution is 2.13. The van der Waals surface area contributed by atoms with Crippen molar-refractivity contribution in [1.29, 1.82) is 0 Å². The highest BCUT2D eigenvalue weighted by Gasteiger charge is 2.22. The highest BCUT2D eigenvalue weighted by molar-refractivity contribution is 14.0. The monoisotopic (exact) mass is 474 g/mol. The van der Waals surface area contributed by atoms with Crippen molar-refractivity contribution < 1.29 is 4.74 Å². The van der Waals surface area contributed by atoms with E-state index in [-0.39, 0.29) is 24.0 Å². The smallest absolute Gasteiger partial charge is 0.191 e. The molecule has 1 aromatic rings. The summed E-state index contributed by atoms with van der Waals surface area (Å²) in [7, 11) is 1.83. The van der Waals surface area contributed by atoms with Crippen molar-refractivity contribution in [2.75, 3.05) is 39.9 Å². The van der Waals surface area contributed by atoms with Gasteiger partial charge in [0.25, 0.3) is 0 Å². The van der Waals surface area contributed by atoms with Gasteiger partial charge in [0.2, 0.25) is 0 Å². The number of aryl methyl sites for hydroxylation is 1. The number of nitrogens with zero attached hydrogens (tertiary/aromatic N) is 2. The van der Waals surface area contributed by atoms with E-state index in [4.69, 9.17) is 4.74 Å². The van der Waals surface area contributed by atoms with E-state index in [2.05, 4.69) is 65.6 Å². The van der Waals surface area contributed by atoms with Crippen LogP contribution in [0.15, 0.2) is 29.3 Å². The fourth-order valence-corrected chi connectivity index (χ4v) is 3.18. The fraction of sp³-hybridized carbons (Fsp3) is 0.650. The molecule has 1 atom stereocenters. The molecule has 5 nitrogen and oxygen atoms in total. The van der Waals surface area contributed by atoms with Crippen LogP contribution in [-0.4, -0.2) is 56.8 Å². The Morgan fingerprint density at radius 1 is 1.15 bits per heavy atom. The van der Waals surface area contributed by atoms with E-state index in [1.54, 1.807) is 0 Å². The van der Waals surface area contributed by atoms with Crippen LogP contribution in [0.1, 0.15) is 31.4 Å². The summed E-state index contributed by atoms with van der Waals surface area (Å²) in [4.78, 5) is 6.91. The Kier molecular flexibility index (Phi) is 11.2. The number of guanidine groups is 1. The van der Waals surface area contributed by atoms with Crippen LogP contribution >= 0.6 is 24.0 Å². The zero-order chi connectivity index (χ0) is 18.1. The third kappa shape index (κ3) is 8.22. The van der Waals surface area contributed by atoms with Crippen molar-refractivity contribution in [2.45, 2.75) is 39.8 Å². The molecule has 0 saturated carbocycles. The number of aliphatic imine (C=N–C) groups is 1. The van der Waals surface area contributed by atoms with Gasteiger partial charge in [-0.1, -0.05) is 43.7 Å². The number of hydrogen-bond acceptors (Lipinski definition) is 3. The summed E-state index contributed by atoms with van der Waals surface area (Å²) in [6, 6.07) is 9.12. The van der Waals surface area contributed by atoms with Crippen LogP contribution in [0.4, 0.5) is 0 Å². The van der Waals surface area contributed by atoms with Gasteiger partial charge in [0.15, 0.2) is 5.96 Å². The lowest BCUT2D eigenvalue weighted by Crippen LogP contribution is -2.50. The predicted octanol–water partition coefficient (Wildman–Crippen LogP) is 3.02. The number of hydrogen-bond donors (Lipinski definition) is 2. The summed E-state index contributed by atoms with van der Waals surface area (Å²) in [5.41, 5.74) is 2.55. The first kappa shape index (κ1) is 23.2. The van der Waals surface area contributed by atoms with Gasteiger partial charge in [-0.3, -0.25) is 9.89 Å². The molecule has 1 fully saturated rings. The van der Waals surface area contributed by atoms with Gasteiger partial charge in [-0.15, -0.1) is 24.0 Å². The molecule has 0 spiro atoms. The highest BCUT2D eigenvalue weighted by atomic mass is 127. The van der Waals surface area contributed by atoms with E-state index in [9.17, 15) is 0 Å². The third-order valence-corrected chi connectivity index (χ3v) is 4.61. The quantitative estimate of drug-likeness (QED) is 0.363. The largest absolute Gasteiger partial charge is 0.379 e. The molecule has 1 aromatic carbocycles. The third-order valence-electron chi connectivity index (χ3n) is 4.61. The number of benzene rings is 1. The molecular formula is C20H35IN4O. The van der Waals surface area contributed by atoms with Crippen molar-refractivity contribution in [1.82, 2.24) is 15.5 Å². The standard InChI is InChI=1S/C20H34N4O.HI/c1-16(2)13-19(24-9-11-25-12-10-24)15-23-20(21-4)22-14-18-7-5-17(3)6-8-18;/h5-8,16,19H,9-15H2,1-4H3,(H2,21,22,23);1H. The summed E-state index contributed by atoms with van der Waals surface area (Å²) in [6.07, 6.45) is 1.18. The van der Waals surface area contributed by atoms with Crippen LogP contribution < -0.4 is 10.6 Å². The topological polar surface area (TPSA) is 48.9 Å². The molecule has 1 saturated heterocycles. The molecule has 2 N–H and O–H groups in total. The summed E-state index contributed by atoms with van der Waals surface area (Å²) in [6.45, 7) is 12.1. The number of ether oxygens (including phenoxy) is 1. The van der Waals surface area contributed by atoms with E-state index in [0.29, 0.717) is 12.0 Å². The van der Waals surface area contributed by atoms with Gasteiger partial charge in [-0.25, -0.2) is 0 Å². The molecular weight excluding hydrogens is 439 g/mol. The van der Waals surface area contributed by atoms with Crippen LogP contribution in [0, 0.1) is 12.8 Å². The molecule has 1 unspecified atom stereocenters. The van der Waals surface area contributed by atoms with E-state index in [1.165, 1.54) is 17.5 Å². The first-order chi connectivity index (χ1) is 12.1. The normalized spacial score (nSPS) is 16.9. The number of nitrogens with one attached hydrogen (secondary N) is 2. The lowest BCUT2D eigenvalue weighted by molar-refractivity contribution is 0.0132. The predicted molar refractivity (Wildman–Crippen MR) is 120 cm³/mol. The van der Waals surface area contributed by atoms with Gasteiger partial charge in [0, 0.05) is 39.3 Å². The fourth-order valence-electron chi connectivity index (χ4n) is 3.18. The Balaban J connectivity index is 0.00000338. The van der Waals surface area contributed by atoms with Gasteiger partial charge in [-0.2, -0.15) is 0 Å². The summed E-state index contributed by atoms with van der Waals surface area (Å²) in [5, 5.41) is 6.92. The molecule has 0 radical (unpaired) electrons. The second-order valence-electron chi connectivity index (χ2n) is 7.22. The maximum absolute atomic E-state index is 5.50. The SMILES string of the molecule is CN=C(NCc1ccc(C)cc1)NCC(CC(C)C)N1CCOCC1.I. The van der Waals surface area contributed by atoms with E-state index >= 15 is 0 Å². The van der Waals surface area contributed by atoms with Gasteiger partial charge in [-0.05, 0) is 24.8 Å². The van der Waals surface area contributed by atoms with E-state index in [1.807, 2.05) is 7.05 Å². The molecule has 0 amide bonds. The first-order valence-electron chi connectivity index (χ1n) is 9.40. The molecule has 0 aliphatic carbocycles. The maximum Gasteiger partial charge on any atom is 0.191 e. The zero-order valence-corrected chi connectivity index (χ0v) is 19.0. The van der Waals surface area contributed by atoms with Crippen LogP contribution in [0.5, 0.6) is 0 Å². The van der Waals surface area contributed by atoms with Crippen LogP contribution in [0.25, 0.3) is 0 Å². The number of rotatable bonds is 7. The minimum atomic E-state index is 0. The Morgan fingerprint density at radius 3 is 2.38 bits per heavy atom. The Bertz CT molecular complexity index is 527. The molecule has 148 valence electrons. The second kappa shape index (κ2) is 12.5. The minimum Gasteiger partial charge on any atom is -0.379 e. The van der Waals surface area contributed by atoms with Gasteiger partial charge in [0.05, 0.1) is 13.2 Å². The number of morpholine rings is 1. The molecule has 0 aromatic heterocycles. The molecule has 1 heterocycles. The molecule has 6 heteroatoms. The maximum atomic E-state index is 5.50. The Hall–Kier alpha value is -0.860. The summed E-state index contributed by atoms with van der Waals surface area (Å²) < 4.78 is 5.50. The van der Waals surface area contributed by atoms with Crippen LogP contribution in [-0.2, 0) is 11.3 Å². The van der Waals surface area contributed by atoms with Crippen LogP contribution in [0.2, 0.25) is 0 Å². The molecule has 26 heavy (non-hydrogen) atoms. The van der Waals surface area contributed by atoms with E-state index < -0.39 is 0 Å². The van der Waals surface area contributed by atoms with Crippen molar-refractivity contribution in [3.63, 3.8) is 0 Å². The van der Waals surface area contributed by atoms with Gasteiger partial charge < -0.3 is 15.4 Å². The summed E-state index contributed by atoms with van der Waals surface area (Å²) >= 11 is 0. The molecule has 2 rings (SSSR count). The van der Waals surface area contributed by atoms with Crippen molar-refractivity contribution in [2.24, 2.45) is 10.9 Å². The molecule has 1 aliphatic rings. The first-order valence-corrected chi connectivity index (χ1v) is 9.40. The van der Waals surface area contributed by atoms with Crippen molar-refractivity contribution >= 4 is 29.9 Å². The lowest BCUT2D eigenvalue weighted by Gasteiger charge is -2.35. The van der Waals surface area contributed by atoms with Gasteiger partial charge >= 0.3 is 0 Å².